The van der Waals surface area contributed by atoms with Crippen LogP contribution in [0.5, 0.6) is 0 Å². The van der Waals surface area contributed by atoms with Crippen LogP contribution in [0.25, 0.3) is 0 Å². The molecular weight excluding hydrogens is 326 g/mol. The number of carbonyl (C=O) groups is 1. The Morgan fingerprint density at radius 3 is 2.79 bits per heavy atom. The minimum absolute atomic E-state index is 0.0697. The zero-order valence-electron chi connectivity index (χ0n) is 13.8. The molecule has 1 atom stereocenters. The zero-order valence-corrected chi connectivity index (χ0v) is 14.6. The maximum Gasteiger partial charge on any atom is 0.177 e. The maximum absolute atomic E-state index is 12.2. The van der Waals surface area contributed by atoms with Crippen LogP contribution in [0.4, 0.5) is 5.69 Å². The number of ketones is 1. The Morgan fingerprint density at radius 2 is 2.17 bits per heavy atom. The standard InChI is InChI=1S/C17H21N3O3S/c1-12(21)13-5-6-17(24(2,22)23)16(8-13)20-7-3-4-14(11-20)15-9-18-19-10-15/h5-6,8-10,14H,3-4,7,11H2,1-2H3,(H,18,19)/t14-/m1/s1. The van der Waals surface area contributed by atoms with Crippen LogP contribution < -0.4 is 4.90 Å². The average molecular weight is 347 g/mol. The van der Waals surface area contributed by atoms with Crippen LogP contribution in [0.1, 0.15) is 41.6 Å². The number of H-pyrrole nitrogens is 1. The molecule has 0 bridgehead atoms. The van der Waals surface area contributed by atoms with E-state index < -0.39 is 9.84 Å². The first-order valence-electron chi connectivity index (χ1n) is 7.95. The van der Waals surface area contributed by atoms with Crippen molar-refractivity contribution >= 4 is 21.3 Å². The zero-order chi connectivity index (χ0) is 17.3. The number of anilines is 1. The van der Waals surface area contributed by atoms with Crippen molar-refractivity contribution < 1.29 is 13.2 Å². The Bertz CT molecular complexity index is 844. The number of Topliss-reactive ketones (excluding diaryl/α,β-unsaturated/α-hetero) is 1. The number of sulfone groups is 1. The number of nitrogens with one attached hydrogen (secondary N) is 1. The number of benzene rings is 1. The second-order valence-corrected chi connectivity index (χ2v) is 8.31. The third-order valence-electron chi connectivity index (χ3n) is 4.52. The second kappa shape index (κ2) is 6.39. The van der Waals surface area contributed by atoms with Gasteiger partial charge in [0.05, 0.1) is 16.8 Å². The van der Waals surface area contributed by atoms with Gasteiger partial charge in [0.1, 0.15) is 0 Å². The lowest BCUT2D eigenvalue weighted by Gasteiger charge is -2.35. The summed E-state index contributed by atoms with van der Waals surface area (Å²) in [5.74, 6) is 0.227. The largest absolute Gasteiger partial charge is 0.370 e. The fourth-order valence-electron chi connectivity index (χ4n) is 3.25. The van der Waals surface area contributed by atoms with Crippen molar-refractivity contribution in [1.82, 2.24) is 10.2 Å². The van der Waals surface area contributed by atoms with E-state index in [1.54, 1.807) is 18.2 Å². The summed E-state index contributed by atoms with van der Waals surface area (Å²) >= 11 is 0. The van der Waals surface area contributed by atoms with Gasteiger partial charge in [-0.05, 0) is 43.5 Å². The maximum atomic E-state index is 12.2. The molecule has 128 valence electrons. The van der Waals surface area contributed by atoms with Gasteiger partial charge >= 0.3 is 0 Å². The van der Waals surface area contributed by atoms with Gasteiger partial charge < -0.3 is 4.90 Å². The van der Waals surface area contributed by atoms with E-state index in [4.69, 9.17) is 0 Å². The second-order valence-electron chi connectivity index (χ2n) is 6.33. The third-order valence-corrected chi connectivity index (χ3v) is 5.66. The number of carbonyl (C=O) groups excluding carboxylic acids is 1. The van der Waals surface area contributed by atoms with E-state index in [0.717, 1.165) is 24.9 Å². The van der Waals surface area contributed by atoms with Gasteiger partial charge in [-0.2, -0.15) is 5.10 Å². The van der Waals surface area contributed by atoms with Crippen LogP contribution in [0.3, 0.4) is 0 Å². The number of nitrogens with zero attached hydrogens (tertiary/aromatic N) is 2. The predicted octanol–water partition coefficient (Wildman–Crippen LogP) is 2.40. The molecule has 1 aliphatic rings. The Hall–Kier alpha value is -2.15. The van der Waals surface area contributed by atoms with Crippen LogP contribution in [-0.4, -0.2) is 43.7 Å². The molecule has 6 nitrogen and oxygen atoms in total. The molecule has 0 saturated carbocycles. The minimum atomic E-state index is -3.37. The molecule has 1 saturated heterocycles. The summed E-state index contributed by atoms with van der Waals surface area (Å²) in [5.41, 5.74) is 2.28. The van der Waals surface area contributed by atoms with Crippen molar-refractivity contribution in [3.05, 3.63) is 41.7 Å². The molecular formula is C17H21N3O3S. The SMILES string of the molecule is CC(=O)c1ccc(S(C)(=O)=O)c(N2CCC[C@@H](c3cn[nH]c3)C2)c1. The molecule has 24 heavy (non-hydrogen) atoms. The van der Waals surface area contributed by atoms with Gasteiger partial charge in [0.25, 0.3) is 0 Å². The number of piperidine rings is 1. The van der Waals surface area contributed by atoms with E-state index in [0.29, 0.717) is 23.7 Å². The van der Waals surface area contributed by atoms with E-state index >= 15 is 0 Å². The van der Waals surface area contributed by atoms with Crippen molar-refractivity contribution in [2.24, 2.45) is 0 Å². The summed E-state index contributed by atoms with van der Waals surface area (Å²) in [6.45, 7) is 2.98. The summed E-state index contributed by atoms with van der Waals surface area (Å²) in [7, 11) is -3.37. The van der Waals surface area contributed by atoms with Gasteiger partial charge in [-0.1, -0.05) is 0 Å². The fraction of sp³-hybridized carbons (Fsp3) is 0.412. The molecule has 1 aromatic heterocycles. The predicted molar refractivity (Wildman–Crippen MR) is 92.3 cm³/mol. The molecule has 7 heteroatoms. The van der Waals surface area contributed by atoms with E-state index in [1.807, 2.05) is 12.4 Å². The van der Waals surface area contributed by atoms with Crippen molar-refractivity contribution in [2.45, 2.75) is 30.6 Å². The topological polar surface area (TPSA) is 83.1 Å². The fourth-order valence-corrected chi connectivity index (χ4v) is 4.13. The summed E-state index contributed by atoms with van der Waals surface area (Å²) in [6.07, 6.45) is 6.91. The smallest absolute Gasteiger partial charge is 0.177 e. The van der Waals surface area contributed by atoms with Crippen LogP contribution in [-0.2, 0) is 9.84 Å². The lowest BCUT2D eigenvalue weighted by molar-refractivity contribution is 0.101. The summed E-state index contributed by atoms with van der Waals surface area (Å²) in [5, 5.41) is 6.84. The number of aromatic nitrogens is 2. The molecule has 0 amide bonds. The number of hydrogen-bond donors (Lipinski definition) is 1. The van der Waals surface area contributed by atoms with Crippen LogP contribution in [0.2, 0.25) is 0 Å². The van der Waals surface area contributed by atoms with Crippen molar-refractivity contribution in [3.63, 3.8) is 0 Å². The number of rotatable bonds is 4. The van der Waals surface area contributed by atoms with Gasteiger partial charge in [0, 0.05) is 37.0 Å². The first-order valence-corrected chi connectivity index (χ1v) is 9.84. The molecule has 0 spiro atoms. The van der Waals surface area contributed by atoms with E-state index in [1.165, 1.54) is 13.2 Å². The van der Waals surface area contributed by atoms with Gasteiger partial charge in [-0.3, -0.25) is 9.89 Å². The minimum Gasteiger partial charge on any atom is -0.370 e. The van der Waals surface area contributed by atoms with Gasteiger partial charge in [-0.25, -0.2) is 8.42 Å². The van der Waals surface area contributed by atoms with Gasteiger partial charge in [-0.15, -0.1) is 0 Å². The van der Waals surface area contributed by atoms with E-state index in [9.17, 15) is 13.2 Å². The molecule has 2 heterocycles. The quantitative estimate of drug-likeness (QED) is 0.859. The summed E-state index contributed by atoms with van der Waals surface area (Å²) in [4.78, 5) is 14.1. The third kappa shape index (κ3) is 3.36. The molecule has 0 aliphatic carbocycles. The molecule has 3 rings (SSSR count). The monoisotopic (exact) mass is 347 g/mol. The molecule has 1 aliphatic heterocycles. The summed E-state index contributed by atoms with van der Waals surface area (Å²) in [6, 6.07) is 4.83. The molecule has 1 N–H and O–H groups in total. The highest BCUT2D eigenvalue weighted by molar-refractivity contribution is 7.90. The Morgan fingerprint density at radius 1 is 1.38 bits per heavy atom. The molecule has 1 aromatic carbocycles. The van der Waals surface area contributed by atoms with Gasteiger partial charge in [0.15, 0.2) is 15.6 Å². The average Bonchev–Trinajstić information content (AvgIpc) is 3.08. The molecule has 0 unspecified atom stereocenters. The van der Waals surface area contributed by atoms with Crippen molar-refractivity contribution in [3.8, 4) is 0 Å². The lowest BCUT2D eigenvalue weighted by Crippen LogP contribution is -2.35. The normalized spacial score (nSPS) is 18.6. The van der Waals surface area contributed by atoms with E-state index in [-0.39, 0.29) is 10.7 Å². The summed E-state index contributed by atoms with van der Waals surface area (Å²) < 4.78 is 24.3. The lowest BCUT2D eigenvalue weighted by atomic mass is 9.92. The first kappa shape index (κ1) is 16.7. The van der Waals surface area contributed by atoms with Crippen molar-refractivity contribution in [1.29, 1.82) is 0 Å². The highest BCUT2D eigenvalue weighted by Gasteiger charge is 2.26. The van der Waals surface area contributed by atoms with Crippen LogP contribution in [0, 0.1) is 0 Å². The van der Waals surface area contributed by atoms with Crippen LogP contribution in [0.15, 0.2) is 35.5 Å². The van der Waals surface area contributed by atoms with E-state index in [2.05, 4.69) is 15.1 Å². The Balaban J connectivity index is 2.00. The first-order chi connectivity index (χ1) is 11.4. The highest BCUT2D eigenvalue weighted by Crippen LogP contribution is 2.33. The molecule has 0 radical (unpaired) electrons. The van der Waals surface area contributed by atoms with Crippen LogP contribution >= 0.6 is 0 Å². The van der Waals surface area contributed by atoms with Crippen molar-refractivity contribution in [2.75, 3.05) is 24.2 Å². The molecule has 2 aromatic rings. The Labute approximate surface area is 141 Å². The molecule has 1 fully saturated rings. The number of hydrogen-bond acceptors (Lipinski definition) is 5. The number of aromatic amines is 1. The highest BCUT2D eigenvalue weighted by atomic mass is 32.2. The van der Waals surface area contributed by atoms with Gasteiger partial charge in [0.2, 0.25) is 0 Å². The Kier molecular flexibility index (Phi) is 4.45.